The number of ether oxygens (including phenoxy) is 2. The van der Waals surface area contributed by atoms with E-state index in [1.165, 1.54) is 0 Å². The van der Waals surface area contributed by atoms with Crippen LogP contribution < -0.4 is 5.32 Å². The zero-order valence-corrected chi connectivity index (χ0v) is 7.52. The predicted molar refractivity (Wildman–Crippen MR) is 43.7 cm³/mol. The van der Waals surface area contributed by atoms with Gasteiger partial charge in [-0.15, -0.1) is 0 Å². The largest absolute Gasteiger partial charge is 0.382 e. The Kier molecular flexibility index (Phi) is 2.87. The summed E-state index contributed by atoms with van der Waals surface area (Å²) >= 11 is 0. The fourth-order valence-corrected chi connectivity index (χ4v) is 1.12. The van der Waals surface area contributed by atoms with Gasteiger partial charge in [-0.3, -0.25) is 0 Å². The Bertz CT molecular complexity index is 115. The summed E-state index contributed by atoms with van der Waals surface area (Å²) < 4.78 is 10.5. The zero-order valence-electron chi connectivity index (χ0n) is 7.52. The van der Waals surface area contributed by atoms with Crippen LogP contribution in [0.2, 0.25) is 0 Å². The van der Waals surface area contributed by atoms with Gasteiger partial charge in [0.1, 0.15) is 0 Å². The van der Waals surface area contributed by atoms with E-state index in [2.05, 4.69) is 19.2 Å². The molecule has 1 aliphatic rings. The molecule has 1 saturated heterocycles. The summed E-state index contributed by atoms with van der Waals surface area (Å²) in [5.41, 5.74) is 0.129. The summed E-state index contributed by atoms with van der Waals surface area (Å²) in [6.07, 6.45) is 0.230. The molecule has 0 radical (unpaired) electrons. The van der Waals surface area contributed by atoms with Crippen molar-refractivity contribution in [3.05, 3.63) is 0 Å². The van der Waals surface area contributed by atoms with Crippen LogP contribution in [0.25, 0.3) is 0 Å². The van der Waals surface area contributed by atoms with Gasteiger partial charge in [-0.2, -0.15) is 0 Å². The molecule has 0 amide bonds. The first-order valence-corrected chi connectivity index (χ1v) is 3.99. The number of nitrogens with one attached hydrogen (secondary N) is 1. The van der Waals surface area contributed by atoms with Gasteiger partial charge in [0.2, 0.25) is 0 Å². The van der Waals surface area contributed by atoms with Crippen molar-refractivity contribution in [2.75, 3.05) is 26.9 Å². The topological polar surface area (TPSA) is 30.5 Å². The van der Waals surface area contributed by atoms with Gasteiger partial charge < -0.3 is 14.8 Å². The molecule has 1 fully saturated rings. The van der Waals surface area contributed by atoms with Gasteiger partial charge in [0.15, 0.2) is 0 Å². The molecule has 0 aliphatic carbocycles. The Hall–Kier alpha value is -0.120. The van der Waals surface area contributed by atoms with E-state index in [0.29, 0.717) is 6.61 Å². The average Bonchev–Trinajstić information content (AvgIpc) is 1.94. The van der Waals surface area contributed by atoms with E-state index in [1.807, 2.05) is 0 Å². The smallest absolute Gasteiger partial charge is 0.0933 e. The van der Waals surface area contributed by atoms with Crippen LogP contribution in [0.5, 0.6) is 0 Å². The zero-order chi connectivity index (χ0) is 8.32. The molecule has 0 aromatic carbocycles. The summed E-state index contributed by atoms with van der Waals surface area (Å²) in [4.78, 5) is 0. The van der Waals surface area contributed by atoms with Crippen molar-refractivity contribution >= 4 is 0 Å². The Balaban J connectivity index is 2.25. The van der Waals surface area contributed by atoms with E-state index in [-0.39, 0.29) is 11.6 Å². The minimum absolute atomic E-state index is 0.129. The highest BCUT2D eigenvalue weighted by Crippen LogP contribution is 2.10. The third-order valence-corrected chi connectivity index (χ3v) is 1.84. The number of hydrogen-bond donors (Lipinski definition) is 1. The van der Waals surface area contributed by atoms with Crippen LogP contribution in [0.3, 0.4) is 0 Å². The molecule has 1 rings (SSSR count). The summed E-state index contributed by atoms with van der Waals surface area (Å²) in [6, 6.07) is 0. The molecule has 1 N–H and O–H groups in total. The molecule has 1 heterocycles. The molecule has 1 unspecified atom stereocenters. The van der Waals surface area contributed by atoms with Crippen molar-refractivity contribution in [3.8, 4) is 0 Å². The van der Waals surface area contributed by atoms with E-state index < -0.39 is 0 Å². The molecule has 3 heteroatoms. The molecular formula is C8H17NO2. The Morgan fingerprint density at radius 3 is 2.82 bits per heavy atom. The fraction of sp³-hybridized carbons (Fsp3) is 1.00. The molecule has 0 spiro atoms. The minimum atomic E-state index is 0.129. The summed E-state index contributed by atoms with van der Waals surface area (Å²) in [5, 5.41) is 3.39. The van der Waals surface area contributed by atoms with Crippen LogP contribution >= 0.6 is 0 Å². The Labute approximate surface area is 68.1 Å². The van der Waals surface area contributed by atoms with Crippen molar-refractivity contribution in [2.45, 2.75) is 25.5 Å². The molecule has 1 atom stereocenters. The summed E-state index contributed by atoms with van der Waals surface area (Å²) in [6.45, 7) is 6.61. The predicted octanol–water partition coefficient (Wildman–Crippen LogP) is 0.400. The lowest BCUT2D eigenvalue weighted by Crippen LogP contribution is -2.54. The van der Waals surface area contributed by atoms with Crippen LogP contribution in [-0.4, -0.2) is 38.5 Å². The highest BCUT2D eigenvalue weighted by molar-refractivity contribution is 4.83. The summed E-state index contributed by atoms with van der Waals surface area (Å²) in [7, 11) is 1.70. The maximum absolute atomic E-state index is 5.55. The highest BCUT2D eigenvalue weighted by Gasteiger charge is 2.26. The van der Waals surface area contributed by atoms with Crippen molar-refractivity contribution in [1.29, 1.82) is 0 Å². The third kappa shape index (κ3) is 2.77. The first-order valence-electron chi connectivity index (χ1n) is 3.99. The standard InChI is InChI=1S/C8H17NO2/c1-8(2)6-11-7(4-9-8)5-10-3/h7,9H,4-6H2,1-3H3. The van der Waals surface area contributed by atoms with Gasteiger partial charge in [-0.1, -0.05) is 0 Å². The monoisotopic (exact) mass is 159 g/mol. The lowest BCUT2D eigenvalue weighted by atomic mass is 10.1. The molecule has 0 aromatic heterocycles. The van der Waals surface area contributed by atoms with Gasteiger partial charge in [0.05, 0.1) is 19.3 Å². The molecule has 0 bridgehead atoms. The van der Waals surface area contributed by atoms with E-state index in [0.717, 1.165) is 13.2 Å². The van der Waals surface area contributed by atoms with Crippen LogP contribution in [0.1, 0.15) is 13.8 Å². The Morgan fingerprint density at radius 2 is 2.36 bits per heavy atom. The van der Waals surface area contributed by atoms with Crippen molar-refractivity contribution in [1.82, 2.24) is 5.32 Å². The second-order valence-electron chi connectivity index (χ2n) is 3.65. The van der Waals surface area contributed by atoms with Crippen molar-refractivity contribution in [2.24, 2.45) is 0 Å². The first kappa shape index (κ1) is 8.97. The highest BCUT2D eigenvalue weighted by atomic mass is 16.5. The number of morpholine rings is 1. The lowest BCUT2D eigenvalue weighted by molar-refractivity contribution is -0.0544. The molecule has 3 nitrogen and oxygen atoms in total. The summed E-state index contributed by atoms with van der Waals surface area (Å²) in [5.74, 6) is 0. The van der Waals surface area contributed by atoms with Gasteiger partial charge in [0.25, 0.3) is 0 Å². The van der Waals surface area contributed by atoms with Gasteiger partial charge >= 0.3 is 0 Å². The number of methoxy groups -OCH3 is 1. The van der Waals surface area contributed by atoms with Crippen LogP contribution in [-0.2, 0) is 9.47 Å². The molecule has 66 valence electrons. The lowest BCUT2D eigenvalue weighted by Gasteiger charge is -2.35. The van der Waals surface area contributed by atoms with E-state index in [4.69, 9.17) is 9.47 Å². The molecule has 0 saturated carbocycles. The second kappa shape index (κ2) is 3.52. The van der Waals surface area contributed by atoms with Gasteiger partial charge in [0, 0.05) is 19.2 Å². The normalized spacial score (nSPS) is 30.3. The maximum atomic E-state index is 5.55. The SMILES string of the molecule is COCC1CNC(C)(C)CO1. The molecule has 1 aliphatic heterocycles. The fourth-order valence-electron chi connectivity index (χ4n) is 1.12. The van der Waals surface area contributed by atoms with E-state index in [9.17, 15) is 0 Å². The maximum Gasteiger partial charge on any atom is 0.0933 e. The number of rotatable bonds is 2. The molecule has 11 heavy (non-hydrogen) atoms. The van der Waals surface area contributed by atoms with Crippen LogP contribution in [0, 0.1) is 0 Å². The quantitative estimate of drug-likeness (QED) is 0.632. The second-order valence-corrected chi connectivity index (χ2v) is 3.65. The van der Waals surface area contributed by atoms with Crippen molar-refractivity contribution < 1.29 is 9.47 Å². The van der Waals surface area contributed by atoms with Crippen molar-refractivity contribution in [3.63, 3.8) is 0 Å². The van der Waals surface area contributed by atoms with Crippen LogP contribution in [0.4, 0.5) is 0 Å². The molecule has 0 aromatic rings. The van der Waals surface area contributed by atoms with Gasteiger partial charge in [-0.05, 0) is 13.8 Å². The Morgan fingerprint density at radius 1 is 1.64 bits per heavy atom. The molecular weight excluding hydrogens is 142 g/mol. The first-order chi connectivity index (χ1) is 5.14. The van der Waals surface area contributed by atoms with Crippen LogP contribution in [0.15, 0.2) is 0 Å². The van der Waals surface area contributed by atoms with E-state index in [1.54, 1.807) is 7.11 Å². The minimum Gasteiger partial charge on any atom is -0.382 e. The van der Waals surface area contributed by atoms with Gasteiger partial charge in [-0.25, -0.2) is 0 Å². The third-order valence-electron chi connectivity index (χ3n) is 1.84. The average molecular weight is 159 g/mol. The number of hydrogen-bond acceptors (Lipinski definition) is 3. The van der Waals surface area contributed by atoms with E-state index >= 15 is 0 Å².